The predicted molar refractivity (Wildman–Crippen MR) is 111 cm³/mol. The van der Waals surface area contributed by atoms with Crippen molar-refractivity contribution in [2.75, 3.05) is 0 Å². The van der Waals surface area contributed by atoms with Crippen LogP contribution in [0.1, 0.15) is 11.3 Å². The first-order chi connectivity index (χ1) is 13.2. The second-order valence-corrected chi connectivity index (χ2v) is 7.61. The molecule has 0 spiro atoms. The zero-order valence-electron chi connectivity index (χ0n) is 14.9. The number of imidazole rings is 1. The van der Waals surface area contributed by atoms with Gasteiger partial charge in [-0.25, -0.2) is 9.98 Å². The average Bonchev–Trinajstić information content (AvgIpc) is 3.32. The van der Waals surface area contributed by atoms with Crippen LogP contribution in [0.15, 0.2) is 71.4 Å². The van der Waals surface area contributed by atoms with Crippen molar-refractivity contribution in [3.05, 3.63) is 87.5 Å². The molecule has 0 aliphatic carbocycles. The van der Waals surface area contributed by atoms with Gasteiger partial charge in [0.2, 0.25) is 0 Å². The highest BCUT2D eigenvalue weighted by Crippen LogP contribution is 2.23. The van der Waals surface area contributed by atoms with Gasteiger partial charge in [0.15, 0.2) is 4.80 Å². The summed E-state index contributed by atoms with van der Waals surface area (Å²) in [5.74, 6) is 0. The molecule has 0 amide bonds. The molecule has 0 radical (unpaired) electrons. The van der Waals surface area contributed by atoms with Crippen LogP contribution in [0.2, 0.25) is 5.02 Å². The monoisotopic (exact) mass is 394 g/mol. The summed E-state index contributed by atoms with van der Waals surface area (Å²) in [5.41, 5.74) is 5.57. The van der Waals surface area contributed by atoms with E-state index in [1.54, 1.807) is 17.7 Å². The molecule has 0 aliphatic heterocycles. The van der Waals surface area contributed by atoms with Gasteiger partial charge in [-0.15, -0.1) is 11.3 Å². The van der Waals surface area contributed by atoms with Gasteiger partial charge in [-0.05, 0) is 36.8 Å². The number of nitrogens with zero attached hydrogens (tertiary/aromatic N) is 3. The lowest BCUT2D eigenvalue weighted by Crippen LogP contribution is -2.17. The van der Waals surface area contributed by atoms with Crippen LogP contribution in [0.4, 0.5) is 5.69 Å². The van der Waals surface area contributed by atoms with Crippen molar-refractivity contribution < 1.29 is 0 Å². The Bertz CT molecular complexity index is 1070. The molecule has 4 nitrogen and oxygen atoms in total. The molecule has 0 unspecified atom stereocenters. The van der Waals surface area contributed by atoms with Crippen molar-refractivity contribution in [2.45, 2.75) is 19.9 Å². The molecular formula is C21H19ClN4S. The van der Waals surface area contributed by atoms with Gasteiger partial charge in [-0.3, -0.25) is 0 Å². The molecule has 0 aliphatic rings. The van der Waals surface area contributed by atoms with E-state index in [9.17, 15) is 0 Å². The predicted octanol–water partition coefficient (Wildman–Crippen LogP) is 5.38. The summed E-state index contributed by atoms with van der Waals surface area (Å²) in [7, 11) is 0. The summed E-state index contributed by atoms with van der Waals surface area (Å²) in [6.07, 6.45) is 4.44. The number of thiazole rings is 1. The largest absolute Gasteiger partial charge is 0.348 e. The summed E-state index contributed by atoms with van der Waals surface area (Å²) in [6.45, 7) is 2.90. The number of H-pyrrole nitrogens is 1. The Hall–Kier alpha value is -2.63. The summed E-state index contributed by atoms with van der Waals surface area (Å²) in [5, 5.41) is 2.89. The summed E-state index contributed by atoms with van der Waals surface area (Å²) >= 11 is 7.71. The Morgan fingerprint density at radius 2 is 1.89 bits per heavy atom. The minimum Gasteiger partial charge on any atom is -0.348 e. The van der Waals surface area contributed by atoms with E-state index < -0.39 is 0 Å². The number of aryl methyl sites for hydroxylation is 2. The van der Waals surface area contributed by atoms with Gasteiger partial charge in [0.1, 0.15) is 0 Å². The van der Waals surface area contributed by atoms with Gasteiger partial charge in [0.05, 0.1) is 17.7 Å². The van der Waals surface area contributed by atoms with Gasteiger partial charge in [0.25, 0.3) is 0 Å². The van der Waals surface area contributed by atoms with Gasteiger partial charge in [-0.1, -0.05) is 41.4 Å². The number of aromatic nitrogens is 3. The molecular weight excluding hydrogens is 376 g/mol. The van der Waals surface area contributed by atoms with E-state index in [0.717, 1.165) is 45.4 Å². The normalized spacial score (nSPS) is 11.9. The lowest BCUT2D eigenvalue weighted by Gasteiger charge is -2.09. The average molecular weight is 395 g/mol. The number of aromatic amines is 1. The van der Waals surface area contributed by atoms with E-state index in [1.807, 2.05) is 30.5 Å². The molecule has 1 N–H and O–H groups in total. The first kappa shape index (κ1) is 17.8. The molecule has 0 saturated heterocycles. The molecule has 6 heteroatoms. The Morgan fingerprint density at radius 3 is 2.59 bits per heavy atom. The van der Waals surface area contributed by atoms with Crippen molar-refractivity contribution in [1.29, 1.82) is 0 Å². The Balaban J connectivity index is 1.75. The maximum absolute atomic E-state index is 6.06. The van der Waals surface area contributed by atoms with E-state index in [0.29, 0.717) is 0 Å². The van der Waals surface area contributed by atoms with Crippen LogP contribution in [-0.2, 0) is 13.0 Å². The van der Waals surface area contributed by atoms with E-state index in [2.05, 4.69) is 51.1 Å². The van der Waals surface area contributed by atoms with E-state index in [-0.39, 0.29) is 0 Å². The van der Waals surface area contributed by atoms with Gasteiger partial charge in [-0.2, -0.15) is 0 Å². The summed E-state index contributed by atoms with van der Waals surface area (Å²) in [4.78, 5) is 13.1. The summed E-state index contributed by atoms with van der Waals surface area (Å²) in [6, 6.07) is 16.2. The molecule has 0 fully saturated rings. The number of halogens is 1. The SMILES string of the molecule is Cc1ccc(N=c2scc(-c3ccc(Cl)cc3)n2CCc2cnc[nH]2)cc1. The van der Waals surface area contributed by atoms with E-state index >= 15 is 0 Å². The van der Waals surface area contributed by atoms with Crippen LogP contribution < -0.4 is 4.80 Å². The number of rotatable bonds is 5. The molecule has 27 heavy (non-hydrogen) atoms. The zero-order valence-corrected chi connectivity index (χ0v) is 16.5. The first-order valence-electron chi connectivity index (χ1n) is 8.72. The Labute approximate surface area is 166 Å². The van der Waals surface area contributed by atoms with Crippen LogP contribution in [-0.4, -0.2) is 14.5 Å². The van der Waals surface area contributed by atoms with Gasteiger partial charge in [0, 0.05) is 35.3 Å². The van der Waals surface area contributed by atoms with Crippen LogP contribution in [0.25, 0.3) is 11.3 Å². The first-order valence-corrected chi connectivity index (χ1v) is 9.98. The number of nitrogens with one attached hydrogen (secondary N) is 1. The lowest BCUT2D eigenvalue weighted by molar-refractivity contribution is 0.676. The third-order valence-corrected chi connectivity index (χ3v) is 5.47. The topological polar surface area (TPSA) is 46.0 Å². The number of benzene rings is 2. The van der Waals surface area contributed by atoms with Crippen molar-refractivity contribution in [3.63, 3.8) is 0 Å². The van der Waals surface area contributed by atoms with Gasteiger partial charge >= 0.3 is 0 Å². The second kappa shape index (κ2) is 7.94. The third kappa shape index (κ3) is 4.21. The molecule has 2 aromatic carbocycles. The Kier molecular flexibility index (Phi) is 5.23. The van der Waals surface area contributed by atoms with Crippen molar-refractivity contribution in [2.24, 2.45) is 4.99 Å². The molecule has 2 aromatic heterocycles. The molecule has 4 rings (SSSR count). The highest BCUT2D eigenvalue weighted by molar-refractivity contribution is 7.07. The van der Waals surface area contributed by atoms with Gasteiger partial charge < -0.3 is 9.55 Å². The molecule has 0 saturated carbocycles. The number of hydrogen-bond acceptors (Lipinski definition) is 3. The fraction of sp³-hybridized carbons (Fsp3) is 0.143. The minimum atomic E-state index is 0.738. The fourth-order valence-corrected chi connectivity index (χ4v) is 3.95. The van der Waals surface area contributed by atoms with Crippen LogP contribution in [0.3, 0.4) is 0 Å². The van der Waals surface area contributed by atoms with Crippen LogP contribution >= 0.6 is 22.9 Å². The van der Waals surface area contributed by atoms with E-state index in [1.165, 1.54) is 5.56 Å². The van der Waals surface area contributed by atoms with Crippen LogP contribution in [0.5, 0.6) is 0 Å². The van der Waals surface area contributed by atoms with Crippen LogP contribution in [0, 0.1) is 6.92 Å². The molecule has 4 aromatic rings. The molecule has 2 heterocycles. The summed E-state index contributed by atoms with van der Waals surface area (Å²) < 4.78 is 2.26. The fourth-order valence-electron chi connectivity index (χ4n) is 2.87. The van der Waals surface area contributed by atoms with E-state index in [4.69, 9.17) is 16.6 Å². The van der Waals surface area contributed by atoms with Crippen molar-refractivity contribution >= 4 is 28.6 Å². The van der Waals surface area contributed by atoms with Crippen molar-refractivity contribution in [3.8, 4) is 11.3 Å². The molecule has 0 bridgehead atoms. The van der Waals surface area contributed by atoms with Crippen molar-refractivity contribution in [1.82, 2.24) is 14.5 Å². The third-order valence-electron chi connectivity index (χ3n) is 4.36. The highest BCUT2D eigenvalue weighted by Gasteiger charge is 2.09. The highest BCUT2D eigenvalue weighted by atomic mass is 35.5. The quantitative estimate of drug-likeness (QED) is 0.485. The zero-order chi connectivity index (χ0) is 18.6. The molecule has 0 atom stereocenters. The maximum atomic E-state index is 6.06. The number of hydrogen-bond donors (Lipinski definition) is 1. The molecule has 136 valence electrons. The maximum Gasteiger partial charge on any atom is 0.190 e. The minimum absolute atomic E-state index is 0.738. The standard InChI is InChI=1S/C21H19ClN4S/c1-15-2-8-18(9-3-15)25-21-26(11-10-19-12-23-14-24-19)20(13-27-21)16-4-6-17(22)7-5-16/h2-9,12-14H,10-11H2,1H3,(H,23,24). The Morgan fingerprint density at radius 1 is 1.11 bits per heavy atom. The smallest absolute Gasteiger partial charge is 0.190 e. The lowest BCUT2D eigenvalue weighted by atomic mass is 10.1. The second-order valence-electron chi connectivity index (χ2n) is 6.34.